The molecule has 0 aliphatic carbocycles. The summed E-state index contributed by atoms with van der Waals surface area (Å²) in [7, 11) is -0.340. The number of aryl methyl sites for hydroxylation is 1. The summed E-state index contributed by atoms with van der Waals surface area (Å²) in [6, 6.07) is 4.65. The minimum absolute atomic E-state index is 0.00167. The molecule has 42 heavy (non-hydrogen) atoms. The molecule has 4 rings (SSSR count). The number of nitrogens with zero attached hydrogens (tertiary/aromatic N) is 5. The lowest BCUT2D eigenvalue weighted by molar-refractivity contribution is -0.158. The Bertz CT molecular complexity index is 1380. The number of carbonyl (C=O) groups is 3. The van der Waals surface area contributed by atoms with Crippen LogP contribution >= 0.6 is 0 Å². The number of hydrogen-bond donors (Lipinski definition) is 1. The number of esters is 1. The summed E-state index contributed by atoms with van der Waals surface area (Å²) in [5.41, 5.74) is -0.110. The molecule has 230 valence electrons. The van der Waals surface area contributed by atoms with Crippen LogP contribution in [0.5, 0.6) is 5.75 Å². The van der Waals surface area contributed by atoms with E-state index in [1.165, 1.54) is 17.1 Å². The van der Waals surface area contributed by atoms with Crippen molar-refractivity contribution in [1.29, 1.82) is 0 Å². The number of rotatable bonds is 8. The number of amides is 2. The summed E-state index contributed by atoms with van der Waals surface area (Å²) in [5, 5.41) is 6.69. The van der Waals surface area contributed by atoms with Crippen LogP contribution < -0.4 is 10.1 Å². The number of piperazine rings is 1. The largest absolute Gasteiger partial charge is 0.458 e. The minimum atomic E-state index is -3.96. The van der Waals surface area contributed by atoms with Gasteiger partial charge in [0.1, 0.15) is 28.3 Å². The topological polar surface area (TPSA) is 143 Å². The van der Waals surface area contributed by atoms with E-state index < -0.39 is 45.7 Å². The van der Waals surface area contributed by atoms with Crippen LogP contribution in [-0.2, 0) is 37.8 Å². The van der Waals surface area contributed by atoms with Gasteiger partial charge in [0.05, 0.1) is 6.20 Å². The SMILES string of the molecule is CN1CCN(C(=O)Oc2ccc(C[C@H](NC(=O)[C@@H]3CCCN3S(=O)(=O)c3cnn(C)c3)C(=O)OC(C)(C)C)cc2)CC1. The third-order valence-electron chi connectivity index (χ3n) is 7.13. The average molecular weight is 605 g/mol. The molecular weight excluding hydrogens is 564 g/mol. The van der Waals surface area contributed by atoms with E-state index in [0.29, 0.717) is 37.2 Å². The maximum atomic E-state index is 13.4. The fourth-order valence-corrected chi connectivity index (χ4v) is 6.52. The molecule has 0 spiro atoms. The Labute approximate surface area is 246 Å². The van der Waals surface area contributed by atoms with E-state index in [-0.39, 0.29) is 17.9 Å². The molecule has 2 amide bonds. The van der Waals surface area contributed by atoms with Crippen LogP contribution in [0.2, 0.25) is 0 Å². The number of benzene rings is 1. The van der Waals surface area contributed by atoms with Gasteiger partial charge in [-0.05, 0) is 58.4 Å². The predicted molar refractivity (Wildman–Crippen MR) is 153 cm³/mol. The molecule has 1 N–H and O–H groups in total. The van der Waals surface area contributed by atoms with E-state index in [9.17, 15) is 22.8 Å². The highest BCUT2D eigenvalue weighted by molar-refractivity contribution is 7.89. The fourth-order valence-electron chi connectivity index (χ4n) is 4.88. The summed E-state index contributed by atoms with van der Waals surface area (Å²) >= 11 is 0. The Morgan fingerprint density at radius 2 is 1.71 bits per heavy atom. The zero-order valence-electron chi connectivity index (χ0n) is 24.8. The van der Waals surface area contributed by atoms with E-state index in [0.717, 1.165) is 17.4 Å². The van der Waals surface area contributed by atoms with E-state index in [1.807, 2.05) is 7.05 Å². The Balaban J connectivity index is 1.45. The highest BCUT2D eigenvalue weighted by Crippen LogP contribution is 2.26. The van der Waals surface area contributed by atoms with E-state index in [2.05, 4.69) is 15.3 Å². The van der Waals surface area contributed by atoms with Crippen LogP contribution in [0.25, 0.3) is 0 Å². The number of sulfonamides is 1. The normalized spacial score (nSPS) is 19.4. The standard InChI is InChI=1S/C28H40N6O7S/c1-28(2,3)41-26(36)23(17-20-8-10-21(11-9-20)40-27(37)33-15-13-31(4)14-16-33)30-25(35)24-7-6-12-34(24)42(38,39)22-18-29-32(5)19-22/h8-11,18-19,23-24H,6-7,12-17H2,1-5H3,(H,30,35)/t23-,24-/m0/s1. The second-order valence-corrected chi connectivity index (χ2v) is 13.6. The molecule has 2 fully saturated rings. The number of ether oxygens (including phenoxy) is 2. The van der Waals surface area contributed by atoms with E-state index in [4.69, 9.17) is 9.47 Å². The maximum absolute atomic E-state index is 13.4. The van der Waals surface area contributed by atoms with Crippen molar-refractivity contribution in [3.8, 4) is 5.75 Å². The van der Waals surface area contributed by atoms with Crippen LogP contribution in [0.1, 0.15) is 39.2 Å². The van der Waals surface area contributed by atoms with Crippen LogP contribution in [-0.4, -0.2) is 108 Å². The first-order valence-corrected chi connectivity index (χ1v) is 15.4. The Morgan fingerprint density at radius 3 is 2.31 bits per heavy atom. The van der Waals surface area contributed by atoms with Crippen molar-refractivity contribution >= 4 is 28.0 Å². The lowest BCUT2D eigenvalue weighted by Crippen LogP contribution is -2.52. The van der Waals surface area contributed by atoms with Crippen molar-refractivity contribution in [1.82, 2.24) is 29.2 Å². The van der Waals surface area contributed by atoms with Crippen molar-refractivity contribution in [3.63, 3.8) is 0 Å². The van der Waals surface area contributed by atoms with E-state index in [1.54, 1.807) is 57.0 Å². The first-order chi connectivity index (χ1) is 19.7. The molecule has 2 aliphatic heterocycles. The van der Waals surface area contributed by atoms with Gasteiger partial charge in [-0.2, -0.15) is 9.40 Å². The molecule has 0 unspecified atom stereocenters. The Kier molecular flexibility index (Phi) is 9.58. The van der Waals surface area contributed by atoms with Crippen LogP contribution in [0.15, 0.2) is 41.6 Å². The minimum Gasteiger partial charge on any atom is -0.458 e. The molecule has 14 heteroatoms. The Morgan fingerprint density at radius 1 is 1.05 bits per heavy atom. The molecule has 2 aromatic rings. The molecule has 0 radical (unpaired) electrons. The van der Waals surface area contributed by atoms with Gasteiger partial charge in [0.25, 0.3) is 0 Å². The van der Waals surface area contributed by atoms with Gasteiger partial charge in [0.15, 0.2) is 0 Å². The third kappa shape index (κ3) is 7.86. The van der Waals surface area contributed by atoms with Gasteiger partial charge in [-0.3, -0.25) is 9.48 Å². The molecule has 2 atom stereocenters. The zero-order chi connectivity index (χ0) is 30.7. The van der Waals surface area contributed by atoms with Crippen molar-refractivity contribution in [2.24, 2.45) is 7.05 Å². The van der Waals surface area contributed by atoms with Crippen LogP contribution in [0.4, 0.5) is 4.79 Å². The van der Waals surface area contributed by atoms with Gasteiger partial charge in [-0.1, -0.05) is 12.1 Å². The summed E-state index contributed by atoms with van der Waals surface area (Å²) < 4.78 is 40.1. The van der Waals surface area contributed by atoms with Crippen molar-refractivity contribution < 1.29 is 32.3 Å². The number of likely N-dealkylation sites (N-methyl/N-ethyl adjacent to an activating group) is 1. The van der Waals surface area contributed by atoms with Crippen molar-refractivity contribution in [2.75, 3.05) is 39.8 Å². The molecule has 2 aliphatic rings. The van der Waals surface area contributed by atoms with Gasteiger partial charge in [0.2, 0.25) is 15.9 Å². The van der Waals surface area contributed by atoms with Crippen LogP contribution in [0.3, 0.4) is 0 Å². The maximum Gasteiger partial charge on any atom is 0.415 e. The first kappa shape index (κ1) is 31.4. The smallest absolute Gasteiger partial charge is 0.415 e. The molecule has 0 bridgehead atoms. The summed E-state index contributed by atoms with van der Waals surface area (Å²) in [5.74, 6) is -0.850. The number of aromatic nitrogens is 2. The summed E-state index contributed by atoms with van der Waals surface area (Å²) in [6.45, 7) is 8.10. The summed E-state index contributed by atoms with van der Waals surface area (Å²) in [6.07, 6.45) is 3.13. The highest BCUT2D eigenvalue weighted by atomic mass is 32.2. The molecule has 3 heterocycles. The second kappa shape index (κ2) is 12.8. The molecule has 1 aromatic heterocycles. The molecule has 2 saturated heterocycles. The predicted octanol–water partition coefficient (Wildman–Crippen LogP) is 1.39. The number of hydrogen-bond acceptors (Lipinski definition) is 9. The third-order valence-corrected chi connectivity index (χ3v) is 8.99. The lowest BCUT2D eigenvalue weighted by atomic mass is 10.0. The lowest BCUT2D eigenvalue weighted by Gasteiger charge is -2.31. The number of carbonyl (C=O) groups excluding carboxylic acids is 3. The highest BCUT2D eigenvalue weighted by Gasteiger charge is 2.41. The fraction of sp³-hybridized carbons (Fsp3) is 0.571. The molecule has 1 aromatic carbocycles. The molecular formula is C28H40N6O7S. The average Bonchev–Trinajstić information content (AvgIpc) is 3.59. The van der Waals surface area contributed by atoms with Crippen LogP contribution in [0, 0.1) is 0 Å². The first-order valence-electron chi connectivity index (χ1n) is 14.0. The second-order valence-electron chi connectivity index (χ2n) is 11.7. The molecule has 0 saturated carbocycles. The summed E-state index contributed by atoms with van der Waals surface area (Å²) in [4.78, 5) is 42.9. The molecule has 13 nitrogen and oxygen atoms in total. The number of nitrogens with one attached hydrogen (secondary N) is 1. The van der Waals surface area contributed by atoms with Gasteiger partial charge < -0.3 is 24.6 Å². The van der Waals surface area contributed by atoms with Gasteiger partial charge >= 0.3 is 12.1 Å². The van der Waals surface area contributed by atoms with Gasteiger partial charge in [0, 0.05) is 52.4 Å². The van der Waals surface area contributed by atoms with Crippen molar-refractivity contribution in [3.05, 3.63) is 42.2 Å². The van der Waals surface area contributed by atoms with Gasteiger partial charge in [-0.25, -0.2) is 18.0 Å². The monoisotopic (exact) mass is 604 g/mol. The quantitative estimate of drug-likeness (QED) is 0.442. The van der Waals surface area contributed by atoms with Gasteiger partial charge in [-0.15, -0.1) is 0 Å². The Hall–Kier alpha value is -3.49. The van der Waals surface area contributed by atoms with Crippen molar-refractivity contribution in [2.45, 2.75) is 62.6 Å². The van der Waals surface area contributed by atoms with E-state index >= 15 is 0 Å². The zero-order valence-corrected chi connectivity index (χ0v) is 25.6.